The zero-order chi connectivity index (χ0) is 21.8. The number of ether oxygens (including phenoxy) is 2. The molecule has 0 aliphatic carbocycles. The molecular formula is C20H37NO6S. The van der Waals surface area contributed by atoms with Gasteiger partial charge >= 0.3 is 18.0 Å². The number of unbranched alkanes of at least 4 members (excludes halogenated alkanes) is 4. The van der Waals surface area contributed by atoms with Gasteiger partial charge in [0, 0.05) is 12.2 Å². The number of carbonyl (C=O) groups excluding carboxylic acids is 2. The van der Waals surface area contributed by atoms with Crippen molar-refractivity contribution in [1.82, 2.24) is 5.32 Å². The molecule has 0 saturated carbocycles. The lowest BCUT2D eigenvalue weighted by Gasteiger charge is -2.26. The highest BCUT2D eigenvalue weighted by molar-refractivity contribution is 7.99. The fourth-order valence-corrected chi connectivity index (χ4v) is 3.23. The molecule has 0 aliphatic rings. The summed E-state index contributed by atoms with van der Waals surface area (Å²) in [5.41, 5.74) is -1.28. The van der Waals surface area contributed by atoms with Crippen LogP contribution in [0.3, 0.4) is 0 Å². The van der Waals surface area contributed by atoms with Crippen molar-refractivity contribution in [1.29, 1.82) is 0 Å². The molecule has 0 saturated heterocycles. The standard InChI is InChI=1S/C20H37NO6S/c1-19(2,3)26-17(24)15(21-18(25)27-20(4,5)6)14-28-13-11-9-7-8-10-12-16(22)23/h15H,7-14H2,1-6H3,(H,21,25)(H,22,23). The fraction of sp³-hybridized carbons (Fsp3) is 0.850. The summed E-state index contributed by atoms with van der Waals surface area (Å²) in [6.07, 6.45) is 4.21. The van der Waals surface area contributed by atoms with E-state index in [1.807, 2.05) is 0 Å². The summed E-state index contributed by atoms with van der Waals surface area (Å²) >= 11 is 1.58. The molecule has 0 radical (unpaired) electrons. The molecule has 0 spiro atoms. The predicted molar refractivity (Wildman–Crippen MR) is 112 cm³/mol. The van der Waals surface area contributed by atoms with E-state index >= 15 is 0 Å². The van der Waals surface area contributed by atoms with Crippen molar-refractivity contribution in [2.24, 2.45) is 0 Å². The summed E-state index contributed by atoms with van der Waals surface area (Å²) < 4.78 is 10.6. The first-order chi connectivity index (χ1) is 12.8. The number of rotatable bonds is 12. The molecule has 0 aliphatic heterocycles. The topological polar surface area (TPSA) is 102 Å². The van der Waals surface area contributed by atoms with Gasteiger partial charge in [0.1, 0.15) is 17.2 Å². The molecule has 0 bridgehead atoms. The Balaban J connectivity index is 4.32. The Morgan fingerprint density at radius 1 is 0.893 bits per heavy atom. The molecule has 1 amide bonds. The van der Waals surface area contributed by atoms with Crippen molar-refractivity contribution in [2.75, 3.05) is 11.5 Å². The largest absolute Gasteiger partial charge is 0.481 e. The van der Waals surface area contributed by atoms with Gasteiger partial charge in [-0.2, -0.15) is 11.8 Å². The highest BCUT2D eigenvalue weighted by atomic mass is 32.2. The first-order valence-corrected chi connectivity index (χ1v) is 11.0. The van der Waals surface area contributed by atoms with Crippen molar-refractivity contribution >= 4 is 29.8 Å². The molecule has 0 rings (SSSR count). The van der Waals surface area contributed by atoms with Crippen LogP contribution in [0.2, 0.25) is 0 Å². The van der Waals surface area contributed by atoms with Crippen molar-refractivity contribution in [3.8, 4) is 0 Å². The summed E-state index contributed by atoms with van der Waals surface area (Å²) in [7, 11) is 0. The normalized spacial score (nSPS) is 12.9. The Hall–Kier alpha value is -1.44. The Morgan fingerprint density at radius 3 is 1.96 bits per heavy atom. The minimum Gasteiger partial charge on any atom is -0.481 e. The van der Waals surface area contributed by atoms with Gasteiger partial charge in [0.05, 0.1) is 0 Å². The van der Waals surface area contributed by atoms with Gasteiger partial charge in [-0.15, -0.1) is 0 Å². The average Bonchev–Trinajstić information content (AvgIpc) is 2.48. The van der Waals surface area contributed by atoms with E-state index in [1.165, 1.54) is 0 Å². The molecule has 7 nitrogen and oxygen atoms in total. The van der Waals surface area contributed by atoms with E-state index in [2.05, 4.69) is 5.32 Å². The maximum Gasteiger partial charge on any atom is 0.408 e. The third-order valence-corrected chi connectivity index (χ3v) is 4.49. The maximum atomic E-state index is 12.4. The third-order valence-electron chi connectivity index (χ3n) is 3.35. The number of carboxylic acid groups (broad SMARTS) is 1. The number of alkyl carbamates (subject to hydrolysis) is 1. The number of carboxylic acids is 1. The zero-order valence-electron chi connectivity index (χ0n) is 18.1. The summed E-state index contributed by atoms with van der Waals surface area (Å²) in [4.78, 5) is 34.9. The van der Waals surface area contributed by atoms with Gasteiger partial charge in [-0.25, -0.2) is 9.59 Å². The second-order valence-electron chi connectivity index (χ2n) is 8.72. The Morgan fingerprint density at radius 2 is 1.43 bits per heavy atom. The van der Waals surface area contributed by atoms with Crippen LogP contribution < -0.4 is 5.32 Å². The van der Waals surface area contributed by atoms with E-state index in [0.29, 0.717) is 12.2 Å². The maximum absolute atomic E-state index is 12.4. The number of thioether (sulfide) groups is 1. The Labute approximate surface area is 173 Å². The lowest BCUT2D eigenvalue weighted by molar-refractivity contribution is -0.156. The fourth-order valence-electron chi connectivity index (χ4n) is 2.20. The van der Waals surface area contributed by atoms with Crippen molar-refractivity contribution in [3.63, 3.8) is 0 Å². The number of nitrogens with one attached hydrogen (secondary N) is 1. The second kappa shape index (κ2) is 12.9. The smallest absolute Gasteiger partial charge is 0.408 e. The molecule has 0 fully saturated rings. The molecule has 2 N–H and O–H groups in total. The van der Waals surface area contributed by atoms with Gasteiger partial charge in [0.15, 0.2) is 0 Å². The van der Waals surface area contributed by atoms with E-state index in [0.717, 1.165) is 31.4 Å². The third kappa shape index (κ3) is 16.7. The summed E-state index contributed by atoms with van der Waals surface area (Å²) in [6, 6.07) is -0.769. The van der Waals surface area contributed by atoms with Crippen LogP contribution in [0.1, 0.15) is 80.1 Å². The second-order valence-corrected chi connectivity index (χ2v) is 9.87. The molecule has 1 unspecified atom stereocenters. The highest BCUT2D eigenvalue weighted by Gasteiger charge is 2.28. The summed E-state index contributed by atoms with van der Waals surface area (Å²) in [5, 5.41) is 11.2. The zero-order valence-corrected chi connectivity index (χ0v) is 18.9. The molecular weight excluding hydrogens is 382 g/mol. The van der Waals surface area contributed by atoms with Gasteiger partial charge in [-0.05, 0) is 60.1 Å². The molecule has 164 valence electrons. The first kappa shape index (κ1) is 26.6. The molecule has 8 heteroatoms. The van der Waals surface area contributed by atoms with Gasteiger partial charge in [-0.1, -0.05) is 19.3 Å². The van der Waals surface area contributed by atoms with Crippen LogP contribution >= 0.6 is 11.8 Å². The predicted octanol–water partition coefficient (Wildman–Crippen LogP) is 4.38. The molecule has 0 heterocycles. The van der Waals surface area contributed by atoms with E-state index in [9.17, 15) is 14.4 Å². The van der Waals surface area contributed by atoms with Gasteiger partial charge in [0.2, 0.25) is 0 Å². The number of hydrogen-bond acceptors (Lipinski definition) is 6. The number of aliphatic carboxylic acids is 1. The minimum absolute atomic E-state index is 0.225. The average molecular weight is 420 g/mol. The van der Waals surface area contributed by atoms with Crippen LogP contribution in [-0.4, -0.2) is 51.9 Å². The molecule has 0 aromatic rings. The van der Waals surface area contributed by atoms with Gasteiger partial charge in [0.25, 0.3) is 0 Å². The monoisotopic (exact) mass is 419 g/mol. The van der Waals surface area contributed by atoms with Crippen molar-refractivity contribution < 1.29 is 29.0 Å². The van der Waals surface area contributed by atoms with Gasteiger partial charge in [-0.3, -0.25) is 4.79 Å². The van der Waals surface area contributed by atoms with Crippen LogP contribution in [0, 0.1) is 0 Å². The van der Waals surface area contributed by atoms with Crippen molar-refractivity contribution in [2.45, 2.75) is 97.3 Å². The molecule has 0 aromatic carbocycles. The van der Waals surface area contributed by atoms with E-state index in [1.54, 1.807) is 53.3 Å². The van der Waals surface area contributed by atoms with Crippen LogP contribution in [0.15, 0.2) is 0 Å². The quantitative estimate of drug-likeness (QED) is 0.357. The first-order valence-electron chi connectivity index (χ1n) is 9.82. The van der Waals surface area contributed by atoms with Crippen LogP contribution in [0.5, 0.6) is 0 Å². The van der Waals surface area contributed by atoms with Crippen molar-refractivity contribution in [3.05, 3.63) is 0 Å². The van der Waals surface area contributed by atoms with E-state index in [-0.39, 0.29) is 6.42 Å². The lowest BCUT2D eigenvalue weighted by atomic mass is 10.1. The Bertz CT molecular complexity index is 496. The van der Waals surface area contributed by atoms with Gasteiger partial charge < -0.3 is 19.9 Å². The van der Waals surface area contributed by atoms with Crippen LogP contribution in [-0.2, 0) is 19.1 Å². The highest BCUT2D eigenvalue weighted by Crippen LogP contribution is 2.15. The van der Waals surface area contributed by atoms with Crippen LogP contribution in [0.25, 0.3) is 0 Å². The number of amides is 1. The van der Waals surface area contributed by atoms with Crippen LogP contribution in [0.4, 0.5) is 4.79 Å². The van der Waals surface area contributed by atoms with E-state index < -0.39 is 35.3 Å². The SMILES string of the molecule is CC(C)(C)OC(=O)NC(CSCCCCCCCC(=O)O)C(=O)OC(C)(C)C. The lowest BCUT2D eigenvalue weighted by Crippen LogP contribution is -2.47. The minimum atomic E-state index is -0.769. The van der Waals surface area contributed by atoms with E-state index in [4.69, 9.17) is 14.6 Å². The summed E-state index contributed by atoms with van der Waals surface area (Å²) in [5.74, 6) is 0.0438. The number of carbonyl (C=O) groups is 3. The molecule has 1 atom stereocenters. The Kier molecular flexibility index (Phi) is 12.2. The molecule has 28 heavy (non-hydrogen) atoms. The molecule has 0 aromatic heterocycles. The summed E-state index contributed by atoms with van der Waals surface area (Å²) in [6.45, 7) is 10.6. The number of esters is 1. The number of hydrogen-bond donors (Lipinski definition) is 2.